The van der Waals surface area contributed by atoms with Gasteiger partial charge in [-0.25, -0.2) is 4.90 Å². The minimum Gasteiger partial charge on any atom is -0.349 e. The van der Waals surface area contributed by atoms with Gasteiger partial charge >= 0.3 is 0 Å². The van der Waals surface area contributed by atoms with Crippen molar-refractivity contribution >= 4 is 11.8 Å². The third-order valence-electron chi connectivity index (χ3n) is 5.27. The number of methoxy groups -OCH3 is 1. The van der Waals surface area contributed by atoms with Crippen LogP contribution in [-0.4, -0.2) is 30.1 Å². The lowest BCUT2D eigenvalue weighted by molar-refractivity contribution is -0.270. The van der Waals surface area contributed by atoms with E-state index in [0.717, 1.165) is 12.0 Å². The Hall–Kier alpha value is -2.50. The highest BCUT2D eigenvalue weighted by Gasteiger charge is 2.46. The third-order valence-corrected chi connectivity index (χ3v) is 5.27. The van der Waals surface area contributed by atoms with Crippen molar-refractivity contribution in [3.8, 4) is 0 Å². The lowest BCUT2D eigenvalue weighted by atomic mass is 10.1. The van der Waals surface area contributed by atoms with Gasteiger partial charge in [-0.05, 0) is 30.5 Å². The van der Waals surface area contributed by atoms with Crippen LogP contribution in [0.2, 0.25) is 0 Å². The predicted octanol–water partition coefficient (Wildman–Crippen LogP) is 3.48. The van der Waals surface area contributed by atoms with Crippen LogP contribution in [0.3, 0.4) is 0 Å². The normalized spacial score (nSPS) is 22.5. The van der Waals surface area contributed by atoms with Crippen LogP contribution in [-0.2, 0) is 21.7 Å². The second-order valence-corrected chi connectivity index (χ2v) is 6.62. The molecule has 0 aromatic heterocycles. The van der Waals surface area contributed by atoms with Crippen molar-refractivity contribution in [3.05, 3.63) is 70.8 Å². The number of hydrogen-bond acceptors (Lipinski definition) is 4. The van der Waals surface area contributed by atoms with Gasteiger partial charge < -0.3 is 9.47 Å². The first-order valence-electron chi connectivity index (χ1n) is 8.89. The number of nitrogens with zero attached hydrogens (tertiary/aromatic N) is 1. The van der Waals surface area contributed by atoms with Gasteiger partial charge in [-0.1, -0.05) is 43.3 Å². The Morgan fingerprint density at radius 1 is 1.04 bits per heavy atom. The molecule has 134 valence electrons. The fourth-order valence-electron chi connectivity index (χ4n) is 3.93. The van der Waals surface area contributed by atoms with E-state index in [1.807, 2.05) is 25.1 Å². The zero-order chi connectivity index (χ0) is 18.3. The molecule has 0 radical (unpaired) electrons. The van der Waals surface area contributed by atoms with E-state index < -0.39 is 12.0 Å². The van der Waals surface area contributed by atoms with Gasteiger partial charge in [0.25, 0.3) is 11.8 Å². The molecule has 1 aliphatic carbocycles. The molecule has 2 aromatic rings. The van der Waals surface area contributed by atoms with Crippen molar-refractivity contribution in [2.24, 2.45) is 0 Å². The maximum atomic E-state index is 12.8. The molecule has 0 fully saturated rings. The molecule has 1 aliphatic heterocycles. The Kier molecular flexibility index (Phi) is 4.13. The second-order valence-electron chi connectivity index (χ2n) is 6.62. The van der Waals surface area contributed by atoms with Crippen molar-refractivity contribution < 1.29 is 19.1 Å². The molecule has 0 saturated heterocycles. The summed E-state index contributed by atoms with van der Waals surface area (Å²) in [6.07, 6.45) is 1.29. The van der Waals surface area contributed by atoms with E-state index in [4.69, 9.17) is 9.47 Å². The van der Waals surface area contributed by atoms with E-state index in [-0.39, 0.29) is 11.8 Å². The van der Waals surface area contributed by atoms with Crippen molar-refractivity contribution in [1.29, 1.82) is 0 Å². The van der Waals surface area contributed by atoms with Crippen molar-refractivity contribution in [2.75, 3.05) is 7.11 Å². The van der Waals surface area contributed by atoms with Crippen LogP contribution in [0.25, 0.3) is 0 Å². The molecular formula is C21H21NO4. The Morgan fingerprint density at radius 2 is 1.65 bits per heavy atom. The summed E-state index contributed by atoms with van der Waals surface area (Å²) in [4.78, 5) is 26.8. The molecule has 0 N–H and O–H groups in total. The van der Waals surface area contributed by atoms with Crippen LogP contribution in [0.4, 0.5) is 0 Å². The highest BCUT2D eigenvalue weighted by atomic mass is 16.7. The van der Waals surface area contributed by atoms with Crippen LogP contribution in [0.5, 0.6) is 0 Å². The minimum atomic E-state index is -0.938. The smallest absolute Gasteiger partial charge is 0.263 e. The predicted molar refractivity (Wildman–Crippen MR) is 95.6 cm³/mol. The largest absolute Gasteiger partial charge is 0.349 e. The van der Waals surface area contributed by atoms with Gasteiger partial charge in [0.1, 0.15) is 6.23 Å². The molecule has 2 unspecified atom stereocenters. The first-order valence-corrected chi connectivity index (χ1v) is 8.89. The van der Waals surface area contributed by atoms with Crippen molar-refractivity contribution in [3.63, 3.8) is 0 Å². The molecule has 2 amide bonds. The summed E-state index contributed by atoms with van der Waals surface area (Å²) in [5, 5.41) is 0. The maximum Gasteiger partial charge on any atom is 0.263 e. The summed E-state index contributed by atoms with van der Waals surface area (Å²) >= 11 is 0. The van der Waals surface area contributed by atoms with E-state index in [2.05, 4.69) is 6.07 Å². The number of imide groups is 1. The molecular weight excluding hydrogens is 330 g/mol. The number of fused-ring (bicyclic) bond motifs is 2. The highest BCUT2D eigenvalue weighted by Crippen LogP contribution is 2.42. The van der Waals surface area contributed by atoms with E-state index in [1.165, 1.54) is 10.5 Å². The number of amides is 2. The number of benzene rings is 2. The van der Waals surface area contributed by atoms with E-state index in [1.54, 1.807) is 31.4 Å². The average molecular weight is 351 g/mol. The van der Waals surface area contributed by atoms with Crippen LogP contribution >= 0.6 is 0 Å². The molecule has 5 nitrogen and oxygen atoms in total. The third kappa shape index (κ3) is 2.39. The first-order chi connectivity index (χ1) is 12.6. The summed E-state index contributed by atoms with van der Waals surface area (Å²) in [7, 11) is 1.61. The summed E-state index contributed by atoms with van der Waals surface area (Å²) < 4.78 is 12.1. The van der Waals surface area contributed by atoms with Crippen molar-refractivity contribution in [2.45, 2.75) is 38.2 Å². The standard InChI is InChI=1S/C21H21NO4/c1-3-18(22-19(23)15-9-5-6-10-16(15)20(22)24)26-21(25-2)13-12-14-8-4-7-11-17(14)21/h4-11,18H,3,12-13H2,1-2H3. The summed E-state index contributed by atoms with van der Waals surface area (Å²) in [5.74, 6) is -1.56. The monoisotopic (exact) mass is 351 g/mol. The zero-order valence-corrected chi connectivity index (χ0v) is 14.9. The molecule has 0 saturated carbocycles. The highest BCUT2D eigenvalue weighted by molar-refractivity contribution is 6.21. The van der Waals surface area contributed by atoms with Gasteiger partial charge in [-0.2, -0.15) is 0 Å². The van der Waals surface area contributed by atoms with Crippen LogP contribution in [0, 0.1) is 0 Å². The summed E-state index contributed by atoms with van der Waals surface area (Å²) in [5.41, 5.74) is 3.00. The van der Waals surface area contributed by atoms with Gasteiger partial charge in [-0.15, -0.1) is 0 Å². The number of rotatable bonds is 5. The molecule has 2 atom stereocenters. The van der Waals surface area contributed by atoms with E-state index in [0.29, 0.717) is 24.0 Å². The average Bonchev–Trinajstić information content (AvgIpc) is 3.17. The lowest BCUT2D eigenvalue weighted by Crippen LogP contribution is -2.46. The van der Waals surface area contributed by atoms with Gasteiger partial charge in [-0.3, -0.25) is 9.59 Å². The molecule has 4 rings (SSSR count). The number of carbonyl (C=O) groups excluding carboxylic acids is 2. The molecule has 1 heterocycles. The van der Waals surface area contributed by atoms with Gasteiger partial charge in [0, 0.05) is 19.1 Å². The molecule has 0 spiro atoms. The van der Waals surface area contributed by atoms with Crippen LogP contribution in [0.15, 0.2) is 48.5 Å². The van der Waals surface area contributed by atoms with Gasteiger partial charge in [0.05, 0.1) is 11.1 Å². The number of carbonyl (C=O) groups is 2. The first kappa shape index (κ1) is 16.9. The summed E-state index contributed by atoms with van der Waals surface area (Å²) in [6.45, 7) is 1.90. The van der Waals surface area contributed by atoms with E-state index in [9.17, 15) is 9.59 Å². The molecule has 2 aliphatic rings. The molecule has 0 bridgehead atoms. The zero-order valence-electron chi connectivity index (χ0n) is 14.9. The quantitative estimate of drug-likeness (QED) is 0.611. The van der Waals surface area contributed by atoms with Crippen molar-refractivity contribution in [1.82, 2.24) is 4.90 Å². The van der Waals surface area contributed by atoms with Gasteiger partial charge in [0.15, 0.2) is 5.79 Å². The topological polar surface area (TPSA) is 55.8 Å². The molecule has 5 heteroatoms. The SMILES string of the molecule is CCC(OC1(OC)CCc2ccccc21)N1C(=O)c2ccccc2C1=O. The minimum absolute atomic E-state index is 0.310. The van der Waals surface area contributed by atoms with Gasteiger partial charge in [0.2, 0.25) is 0 Å². The second kappa shape index (κ2) is 6.34. The Balaban J connectivity index is 1.67. The van der Waals surface area contributed by atoms with Crippen LogP contribution < -0.4 is 0 Å². The summed E-state index contributed by atoms with van der Waals surface area (Å²) in [6, 6.07) is 14.9. The molecule has 2 aromatic carbocycles. The Morgan fingerprint density at radius 3 is 2.27 bits per heavy atom. The fraction of sp³-hybridized carbons (Fsp3) is 0.333. The Labute approximate surface area is 152 Å². The number of hydrogen-bond donors (Lipinski definition) is 0. The Bertz CT molecular complexity index is 843. The lowest BCUT2D eigenvalue weighted by Gasteiger charge is -2.36. The van der Waals surface area contributed by atoms with E-state index >= 15 is 0 Å². The number of aryl methyl sites for hydroxylation is 1. The maximum absolute atomic E-state index is 12.8. The number of ether oxygens (including phenoxy) is 2. The van der Waals surface area contributed by atoms with Crippen LogP contribution in [0.1, 0.15) is 51.6 Å². The fourth-order valence-corrected chi connectivity index (χ4v) is 3.93. The molecule has 26 heavy (non-hydrogen) atoms.